The Balaban J connectivity index is 1.31. The van der Waals surface area contributed by atoms with Gasteiger partial charge in [-0.15, -0.1) is 15.3 Å². The van der Waals surface area contributed by atoms with Crippen molar-refractivity contribution in [2.24, 2.45) is 0 Å². The van der Waals surface area contributed by atoms with E-state index in [1.54, 1.807) is 10.9 Å². The molecule has 1 saturated heterocycles. The maximum atomic E-state index is 13.7. The number of aryl methyl sites for hydroxylation is 1. The number of fused-ring (bicyclic) bond motifs is 1. The fourth-order valence-corrected chi connectivity index (χ4v) is 4.97. The Morgan fingerprint density at radius 1 is 1.08 bits per heavy atom. The van der Waals surface area contributed by atoms with Crippen LogP contribution in [-0.2, 0) is 11.2 Å². The third-order valence-electron chi connectivity index (χ3n) is 6.91. The Morgan fingerprint density at radius 2 is 1.89 bits per heavy atom. The second kappa shape index (κ2) is 9.82. The molecule has 38 heavy (non-hydrogen) atoms. The predicted molar refractivity (Wildman–Crippen MR) is 125 cm³/mol. The average molecular weight is 528 g/mol. The van der Waals surface area contributed by atoms with Crippen LogP contribution in [0.2, 0.25) is 0 Å². The summed E-state index contributed by atoms with van der Waals surface area (Å²) in [6, 6.07) is 6.70. The van der Waals surface area contributed by atoms with E-state index in [4.69, 9.17) is 9.47 Å². The van der Waals surface area contributed by atoms with Crippen LogP contribution in [0.15, 0.2) is 42.9 Å². The van der Waals surface area contributed by atoms with E-state index in [1.165, 1.54) is 10.9 Å². The van der Waals surface area contributed by atoms with E-state index < -0.39 is 48.4 Å². The molecule has 0 amide bonds. The highest BCUT2D eigenvalue weighted by Gasteiger charge is 2.41. The molecule has 4 atom stereocenters. The van der Waals surface area contributed by atoms with Crippen LogP contribution in [0.3, 0.4) is 0 Å². The molecule has 2 aromatic carbocycles. The molecule has 2 N–H and O–H groups in total. The SMILES string of the molecule is OCC1OC(c2nncn2-c2ccc3c(c2)CCCO3)CC(n2cc(-c3cc(F)c(F)c(F)c3)nn2)C1O. The number of aliphatic hydroxyl groups excluding tert-OH is 2. The summed E-state index contributed by atoms with van der Waals surface area (Å²) in [4.78, 5) is 0. The van der Waals surface area contributed by atoms with Gasteiger partial charge in [-0.2, -0.15) is 0 Å². The topological polar surface area (TPSA) is 120 Å². The summed E-state index contributed by atoms with van der Waals surface area (Å²) in [5, 5.41) is 37.2. The molecule has 10 nitrogen and oxygen atoms in total. The highest BCUT2D eigenvalue weighted by Crippen LogP contribution is 2.38. The second-order valence-electron chi connectivity index (χ2n) is 9.28. The summed E-state index contributed by atoms with van der Waals surface area (Å²) in [5.41, 5.74) is 1.95. The van der Waals surface area contributed by atoms with Gasteiger partial charge in [0, 0.05) is 17.7 Å². The quantitative estimate of drug-likeness (QED) is 0.380. The van der Waals surface area contributed by atoms with Gasteiger partial charge in [0.05, 0.1) is 25.5 Å². The smallest absolute Gasteiger partial charge is 0.194 e. The third kappa shape index (κ3) is 4.31. The van der Waals surface area contributed by atoms with Gasteiger partial charge < -0.3 is 19.7 Å². The first-order valence-electron chi connectivity index (χ1n) is 12.1. The van der Waals surface area contributed by atoms with Crippen LogP contribution in [0.25, 0.3) is 16.9 Å². The van der Waals surface area contributed by atoms with Gasteiger partial charge in [-0.1, -0.05) is 5.21 Å². The molecule has 2 aliphatic rings. The molecule has 13 heteroatoms. The normalized spacial score (nSPS) is 23.2. The lowest BCUT2D eigenvalue weighted by Crippen LogP contribution is -2.45. The molecule has 0 aliphatic carbocycles. The van der Waals surface area contributed by atoms with E-state index in [9.17, 15) is 23.4 Å². The predicted octanol–water partition coefficient (Wildman–Crippen LogP) is 2.69. The first-order chi connectivity index (χ1) is 18.4. The summed E-state index contributed by atoms with van der Waals surface area (Å²) in [6.07, 6.45) is 2.10. The van der Waals surface area contributed by atoms with Gasteiger partial charge in [0.25, 0.3) is 0 Å². The van der Waals surface area contributed by atoms with Gasteiger partial charge in [0.1, 0.15) is 36.1 Å². The Bertz CT molecular complexity index is 1450. The molecule has 4 aromatic rings. The summed E-state index contributed by atoms with van der Waals surface area (Å²) in [6.45, 7) is 0.204. The van der Waals surface area contributed by atoms with E-state index in [0.29, 0.717) is 12.4 Å². The highest BCUT2D eigenvalue weighted by atomic mass is 19.2. The number of nitrogens with zero attached hydrogens (tertiary/aromatic N) is 6. The van der Waals surface area contributed by atoms with Crippen LogP contribution in [0.5, 0.6) is 5.75 Å². The Morgan fingerprint density at radius 3 is 2.68 bits per heavy atom. The first kappa shape index (κ1) is 24.5. The van der Waals surface area contributed by atoms with Gasteiger partial charge >= 0.3 is 0 Å². The Kier molecular flexibility index (Phi) is 6.33. The number of ether oxygens (including phenoxy) is 2. The van der Waals surface area contributed by atoms with E-state index >= 15 is 0 Å². The summed E-state index contributed by atoms with van der Waals surface area (Å²) >= 11 is 0. The number of aromatic nitrogens is 6. The van der Waals surface area contributed by atoms with E-state index in [2.05, 4.69) is 20.5 Å². The zero-order valence-electron chi connectivity index (χ0n) is 19.9. The Labute approximate surface area is 214 Å². The minimum absolute atomic E-state index is 0.0133. The molecule has 0 bridgehead atoms. The van der Waals surface area contributed by atoms with E-state index in [1.807, 2.05) is 18.2 Å². The average Bonchev–Trinajstić information content (AvgIpc) is 3.62. The zero-order valence-corrected chi connectivity index (χ0v) is 19.9. The number of hydrogen-bond acceptors (Lipinski definition) is 8. The second-order valence-corrected chi connectivity index (χ2v) is 9.28. The number of rotatable bonds is 5. The lowest BCUT2D eigenvalue weighted by Gasteiger charge is -2.38. The molecule has 0 saturated carbocycles. The fraction of sp³-hybridized carbons (Fsp3) is 0.360. The first-order valence-corrected chi connectivity index (χ1v) is 12.1. The van der Waals surface area contributed by atoms with Crippen LogP contribution in [0.4, 0.5) is 13.2 Å². The van der Waals surface area contributed by atoms with Crippen LogP contribution in [0, 0.1) is 17.5 Å². The summed E-state index contributed by atoms with van der Waals surface area (Å²) < 4.78 is 55.7. The van der Waals surface area contributed by atoms with E-state index in [-0.39, 0.29) is 17.7 Å². The number of hydrogen-bond donors (Lipinski definition) is 2. The van der Waals surface area contributed by atoms with Crippen LogP contribution >= 0.6 is 0 Å². The van der Waals surface area contributed by atoms with Crippen molar-refractivity contribution in [2.75, 3.05) is 13.2 Å². The minimum Gasteiger partial charge on any atom is -0.493 e. The molecule has 6 rings (SSSR count). The third-order valence-corrected chi connectivity index (χ3v) is 6.91. The van der Waals surface area contributed by atoms with Crippen molar-refractivity contribution < 1.29 is 32.9 Å². The van der Waals surface area contributed by atoms with Crippen LogP contribution in [0.1, 0.15) is 36.4 Å². The maximum absolute atomic E-state index is 13.7. The highest BCUT2D eigenvalue weighted by molar-refractivity contribution is 5.58. The largest absolute Gasteiger partial charge is 0.493 e. The summed E-state index contributed by atoms with van der Waals surface area (Å²) in [5.74, 6) is -2.98. The lowest BCUT2D eigenvalue weighted by molar-refractivity contribution is -0.161. The van der Waals surface area contributed by atoms with Crippen molar-refractivity contribution in [3.8, 4) is 22.7 Å². The fourth-order valence-electron chi connectivity index (χ4n) is 4.97. The van der Waals surface area contributed by atoms with Crippen LogP contribution in [-0.4, -0.2) is 65.4 Å². The molecular formula is C25H23F3N6O4. The molecule has 198 valence electrons. The van der Waals surface area contributed by atoms with Crippen molar-refractivity contribution in [1.29, 1.82) is 0 Å². The van der Waals surface area contributed by atoms with Gasteiger partial charge in [-0.25, -0.2) is 17.9 Å². The molecule has 2 aromatic heterocycles. The molecule has 1 fully saturated rings. The van der Waals surface area contributed by atoms with Crippen molar-refractivity contribution in [1.82, 2.24) is 29.8 Å². The van der Waals surface area contributed by atoms with Crippen molar-refractivity contribution in [2.45, 2.75) is 43.6 Å². The van der Waals surface area contributed by atoms with Gasteiger partial charge in [0.2, 0.25) is 0 Å². The standard InChI is InChI=1S/C25H23F3N6O4/c26-16-7-14(8-17(27)23(16)28)18-10-34(32-30-18)19-9-21(38-22(11-35)24(19)36)25-31-29-12-33(25)15-3-4-20-13(6-15)2-1-5-37-20/h3-4,6-8,10,12,19,21-22,24,35-36H,1-2,5,9,11H2. The van der Waals surface area contributed by atoms with Gasteiger partial charge in [-0.3, -0.25) is 4.57 Å². The van der Waals surface area contributed by atoms with Crippen molar-refractivity contribution >= 4 is 0 Å². The Hall–Kier alpha value is -3.81. The van der Waals surface area contributed by atoms with Gasteiger partial charge in [0.15, 0.2) is 23.3 Å². The van der Waals surface area contributed by atoms with Crippen molar-refractivity contribution in [3.05, 3.63) is 71.7 Å². The molecule has 0 radical (unpaired) electrons. The molecule has 4 unspecified atom stereocenters. The summed E-state index contributed by atoms with van der Waals surface area (Å²) in [7, 11) is 0. The minimum atomic E-state index is -1.58. The number of benzene rings is 2. The molecule has 4 heterocycles. The van der Waals surface area contributed by atoms with Crippen molar-refractivity contribution in [3.63, 3.8) is 0 Å². The molecular weight excluding hydrogens is 505 g/mol. The number of aliphatic hydroxyl groups is 2. The zero-order chi connectivity index (χ0) is 26.4. The van der Waals surface area contributed by atoms with Gasteiger partial charge in [-0.05, 0) is 48.7 Å². The van der Waals surface area contributed by atoms with Crippen LogP contribution < -0.4 is 4.74 Å². The lowest BCUT2D eigenvalue weighted by atomic mass is 9.95. The number of halogens is 3. The monoisotopic (exact) mass is 528 g/mol. The maximum Gasteiger partial charge on any atom is 0.194 e. The van der Waals surface area contributed by atoms with E-state index in [0.717, 1.165) is 42.0 Å². The molecule has 2 aliphatic heterocycles. The molecule has 0 spiro atoms.